The third-order valence-electron chi connectivity index (χ3n) is 14.9. The lowest BCUT2D eigenvalue weighted by Gasteiger charge is -2.30. The number of methoxy groups -OCH3 is 4. The summed E-state index contributed by atoms with van der Waals surface area (Å²) < 4.78 is 24.8. The highest BCUT2D eigenvalue weighted by atomic mass is 16.5. The molecule has 4 N–H and O–H groups in total. The van der Waals surface area contributed by atoms with Crippen LogP contribution in [0.3, 0.4) is 0 Å². The monoisotopic (exact) mass is 937 g/mol. The summed E-state index contributed by atoms with van der Waals surface area (Å²) in [5.74, 6) is 1.64. The second-order valence-electron chi connectivity index (χ2n) is 19.6. The van der Waals surface area contributed by atoms with Crippen LogP contribution in [0.25, 0.3) is 0 Å². The van der Waals surface area contributed by atoms with E-state index in [2.05, 4.69) is 52.0 Å². The smallest absolute Gasteiger partial charge is 0.126 e. The molecule has 0 radical (unpaired) electrons. The number of hydrogen-bond acceptors (Lipinski definition) is 8. The van der Waals surface area contributed by atoms with Gasteiger partial charge in [-0.1, -0.05) is 156 Å². The molecule has 4 aromatic rings. The van der Waals surface area contributed by atoms with Crippen LogP contribution in [-0.4, -0.2) is 48.9 Å². The minimum atomic E-state index is -0.298. The first-order chi connectivity index (χ1) is 33.1. The highest BCUT2D eigenvalue weighted by Gasteiger charge is 2.34. The first-order valence-corrected chi connectivity index (χ1v) is 26.7. The Bertz CT molecular complexity index is 1840. The molecule has 8 heteroatoms. The van der Waals surface area contributed by atoms with E-state index < -0.39 is 0 Å². The summed E-state index contributed by atoms with van der Waals surface area (Å²) in [6.45, 7) is 8.91. The molecule has 0 saturated heterocycles. The maximum absolute atomic E-state index is 12.3. The maximum atomic E-state index is 12.3. The molecule has 1 aliphatic carbocycles. The Morgan fingerprint density at radius 2 is 0.471 bits per heavy atom. The lowest BCUT2D eigenvalue weighted by Crippen LogP contribution is -2.13. The molecule has 376 valence electrons. The first-order valence-electron chi connectivity index (χ1n) is 26.7. The zero-order valence-corrected chi connectivity index (χ0v) is 43.3. The fraction of sp³-hybridized carbons (Fsp3) is 0.600. The van der Waals surface area contributed by atoms with Gasteiger partial charge in [0, 0.05) is 92.4 Å². The fourth-order valence-corrected chi connectivity index (χ4v) is 11.0. The molecule has 0 spiro atoms. The third kappa shape index (κ3) is 13.7. The average Bonchev–Trinajstić information content (AvgIpc) is 3.34. The second kappa shape index (κ2) is 28.1. The Balaban J connectivity index is 1.93. The normalized spacial score (nSPS) is 16.7. The van der Waals surface area contributed by atoms with Gasteiger partial charge in [-0.05, 0) is 49.9 Å². The molecule has 0 aliphatic heterocycles. The van der Waals surface area contributed by atoms with Gasteiger partial charge in [0.2, 0.25) is 0 Å². The van der Waals surface area contributed by atoms with Crippen LogP contribution in [0.5, 0.6) is 46.0 Å². The molecule has 0 fully saturated rings. The molecule has 0 amide bonds. The quantitative estimate of drug-likeness (QED) is 0.0416. The largest absolute Gasteiger partial charge is 0.508 e. The van der Waals surface area contributed by atoms with Crippen LogP contribution in [0.1, 0.15) is 250 Å². The summed E-state index contributed by atoms with van der Waals surface area (Å²) in [5, 5.41) is 49.1. The van der Waals surface area contributed by atoms with Crippen LogP contribution >= 0.6 is 0 Å². The highest BCUT2D eigenvalue weighted by molar-refractivity contribution is 5.62. The summed E-state index contributed by atoms with van der Waals surface area (Å²) in [5.41, 5.74) is 6.69. The molecule has 8 bridgehead atoms. The lowest BCUT2D eigenvalue weighted by atomic mass is 9.76. The van der Waals surface area contributed by atoms with Crippen molar-refractivity contribution in [2.45, 2.75) is 205 Å². The molecule has 5 rings (SSSR count). The van der Waals surface area contributed by atoms with Crippen molar-refractivity contribution in [3.05, 3.63) is 93.0 Å². The van der Waals surface area contributed by atoms with Crippen LogP contribution in [0.2, 0.25) is 0 Å². The molecular formula is C60H88O8. The van der Waals surface area contributed by atoms with Gasteiger partial charge in [-0.25, -0.2) is 0 Å². The van der Waals surface area contributed by atoms with Crippen LogP contribution in [0, 0.1) is 0 Å². The number of phenols is 4. The summed E-state index contributed by atoms with van der Waals surface area (Å²) >= 11 is 0. The second-order valence-corrected chi connectivity index (χ2v) is 19.6. The van der Waals surface area contributed by atoms with Gasteiger partial charge in [0.25, 0.3) is 0 Å². The molecule has 8 nitrogen and oxygen atoms in total. The van der Waals surface area contributed by atoms with Gasteiger partial charge in [0.1, 0.15) is 46.0 Å². The minimum Gasteiger partial charge on any atom is -0.508 e. The summed E-state index contributed by atoms with van der Waals surface area (Å²) in [4.78, 5) is 0. The van der Waals surface area contributed by atoms with Crippen LogP contribution < -0.4 is 18.9 Å². The number of fused-ring (bicyclic) bond motifs is 8. The van der Waals surface area contributed by atoms with Gasteiger partial charge < -0.3 is 39.4 Å². The van der Waals surface area contributed by atoms with E-state index in [0.717, 1.165) is 173 Å². The molecule has 0 aromatic heterocycles. The summed E-state index contributed by atoms with van der Waals surface area (Å²) in [6, 6.07) is 15.6. The molecule has 4 unspecified atom stereocenters. The zero-order chi connectivity index (χ0) is 49.0. The van der Waals surface area contributed by atoms with Gasteiger partial charge in [-0.15, -0.1) is 0 Å². The Labute approximate surface area is 410 Å². The first kappa shape index (κ1) is 54.2. The van der Waals surface area contributed by atoms with Crippen molar-refractivity contribution < 1.29 is 39.4 Å². The van der Waals surface area contributed by atoms with Gasteiger partial charge in [0.05, 0.1) is 28.4 Å². The summed E-state index contributed by atoms with van der Waals surface area (Å²) in [7, 11) is 6.62. The van der Waals surface area contributed by atoms with Crippen LogP contribution in [-0.2, 0) is 0 Å². The maximum Gasteiger partial charge on any atom is 0.126 e. The number of ether oxygens (including phenoxy) is 4. The van der Waals surface area contributed by atoms with Gasteiger partial charge >= 0.3 is 0 Å². The van der Waals surface area contributed by atoms with Crippen molar-refractivity contribution in [1.29, 1.82) is 0 Å². The number of rotatable bonds is 28. The molecule has 4 atom stereocenters. The van der Waals surface area contributed by atoms with E-state index >= 15 is 0 Å². The topological polar surface area (TPSA) is 118 Å². The SMILES string of the molecule is CCCCCCCC1c2cc(c(OC)cc2O)C(CCCCCCC)c2cc(c(OC)cc2O)C(CCCCCCC)c2cc(c(OC)cc2O)C(CCCCCCC)c2cc1c(OC)cc2O. The van der Waals surface area contributed by atoms with Crippen molar-refractivity contribution in [2.24, 2.45) is 0 Å². The Morgan fingerprint density at radius 3 is 0.647 bits per heavy atom. The van der Waals surface area contributed by atoms with E-state index in [1.54, 1.807) is 52.7 Å². The zero-order valence-electron chi connectivity index (χ0n) is 43.3. The Morgan fingerprint density at radius 1 is 0.279 bits per heavy atom. The van der Waals surface area contributed by atoms with E-state index in [-0.39, 0.29) is 46.7 Å². The van der Waals surface area contributed by atoms with Crippen molar-refractivity contribution in [2.75, 3.05) is 28.4 Å². The van der Waals surface area contributed by atoms with E-state index in [0.29, 0.717) is 23.0 Å². The average molecular weight is 937 g/mol. The number of benzene rings is 4. The molecule has 0 heterocycles. The van der Waals surface area contributed by atoms with Crippen LogP contribution in [0.4, 0.5) is 0 Å². The standard InChI is InChI=1S/C60H88O8/c1-9-13-17-21-25-29-41-45-33-50(58(66-6)37-53(45)61)43(31-27-23-19-15-11-3)47-35-52(60(68-8)39-55(47)63)44(32-28-24-20-16-12-4)48-36-51(59(67-7)40-56(48)64)42(30-26-22-18-14-10-2)46-34-49(41)57(65-5)38-54(46)62/h33-44,61-64H,9-32H2,1-8H3. The molecule has 4 aromatic carbocycles. The molecule has 68 heavy (non-hydrogen) atoms. The van der Waals surface area contributed by atoms with Crippen LogP contribution in [0.15, 0.2) is 48.5 Å². The van der Waals surface area contributed by atoms with E-state index in [1.165, 1.54) is 25.7 Å². The number of phenolic OH excluding ortho intramolecular Hbond substituents is 4. The highest BCUT2D eigenvalue weighted by Crippen LogP contribution is 2.53. The third-order valence-corrected chi connectivity index (χ3v) is 14.9. The van der Waals surface area contributed by atoms with Crippen molar-refractivity contribution in [1.82, 2.24) is 0 Å². The molecule has 1 aliphatic rings. The summed E-state index contributed by atoms with van der Waals surface area (Å²) in [6.07, 6.45) is 24.7. The van der Waals surface area contributed by atoms with Gasteiger partial charge in [-0.2, -0.15) is 0 Å². The van der Waals surface area contributed by atoms with E-state index in [1.807, 2.05) is 0 Å². The van der Waals surface area contributed by atoms with E-state index in [4.69, 9.17) is 18.9 Å². The van der Waals surface area contributed by atoms with Crippen molar-refractivity contribution in [3.63, 3.8) is 0 Å². The molecule has 0 saturated carbocycles. The van der Waals surface area contributed by atoms with Gasteiger partial charge in [0.15, 0.2) is 0 Å². The lowest BCUT2D eigenvalue weighted by molar-refractivity contribution is 0.386. The molecular weight excluding hydrogens is 849 g/mol. The number of aromatic hydroxyl groups is 4. The van der Waals surface area contributed by atoms with E-state index in [9.17, 15) is 20.4 Å². The minimum absolute atomic E-state index is 0.142. The number of hydrogen-bond donors (Lipinski definition) is 4. The van der Waals surface area contributed by atoms with Crippen molar-refractivity contribution in [3.8, 4) is 46.0 Å². The Kier molecular flexibility index (Phi) is 22.4. The predicted octanol–water partition coefficient (Wildman–Crippen LogP) is 16.8. The Hall–Kier alpha value is -4.72. The van der Waals surface area contributed by atoms with Crippen molar-refractivity contribution >= 4 is 0 Å². The van der Waals surface area contributed by atoms with Gasteiger partial charge in [-0.3, -0.25) is 0 Å². The fourth-order valence-electron chi connectivity index (χ4n) is 11.0. The predicted molar refractivity (Wildman–Crippen MR) is 280 cm³/mol. The number of unbranched alkanes of at least 4 members (excludes halogenated alkanes) is 16.